The molecule has 0 bridgehead atoms. The van der Waals surface area contributed by atoms with Crippen molar-refractivity contribution in [2.45, 2.75) is 19.8 Å². The van der Waals surface area contributed by atoms with Gasteiger partial charge < -0.3 is 0 Å². The Kier molecular flexibility index (Phi) is 4.62. The van der Waals surface area contributed by atoms with Gasteiger partial charge in [-0.05, 0) is 29.7 Å². The molecule has 1 nitrogen and oxygen atoms in total. The molecular formula is C16H14Cl2O. The molecule has 0 heterocycles. The third-order valence-electron chi connectivity index (χ3n) is 3.05. The molecule has 0 N–H and O–H groups in total. The van der Waals surface area contributed by atoms with Crippen LogP contribution in [-0.2, 0) is 12.8 Å². The largest absolute Gasteiger partial charge is 0.294 e. The smallest absolute Gasteiger partial charge is 0.167 e. The maximum absolute atomic E-state index is 12.3. The fraction of sp³-hybridized carbons (Fsp3) is 0.188. The molecule has 0 radical (unpaired) electrons. The van der Waals surface area contributed by atoms with Crippen LogP contribution in [-0.4, -0.2) is 5.78 Å². The molecule has 98 valence electrons. The van der Waals surface area contributed by atoms with E-state index in [-0.39, 0.29) is 5.78 Å². The Hall–Kier alpha value is -1.31. The van der Waals surface area contributed by atoms with E-state index in [0.717, 1.165) is 23.1 Å². The first kappa shape index (κ1) is 14.1. The van der Waals surface area contributed by atoms with E-state index in [0.29, 0.717) is 16.5 Å². The lowest BCUT2D eigenvalue weighted by Gasteiger charge is -2.07. The van der Waals surface area contributed by atoms with Crippen LogP contribution in [0.1, 0.15) is 28.4 Å². The maximum Gasteiger partial charge on any atom is 0.167 e. The number of halogens is 2. The van der Waals surface area contributed by atoms with Gasteiger partial charge in [0.1, 0.15) is 0 Å². The summed E-state index contributed by atoms with van der Waals surface area (Å²) in [5, 5.41) is 0.988. The summed E-state index contributed by atoms with van der Waals surface area (Å²) in [6.45, 7) is 2.05. The number of carbonyl (C=O) groups is 1. The highest BCUT2D eigenvalue weighted by atomic mass is 35.5. The van der Waals surface area contributed by atoms with Gasteiger partial charge in [0.15, 0.2) is 5.78 Å². The minimum Gasteiger partial charge on any atom is -0.294 e. The highest BCUT2D eigenvalue weighted by molar-refractivity contribution is 6.42. The molecule has 19 heavy (non-hydrogen) atoms. The summed E-state index contributed by atoms with van der Waals surface area (Å²) in [7, 11) is 0. The van der Waals surface area contributed by atoms with E-state index >= 15 is 0 Å². The SMILES string of the molecule is CCc1ccccc1C(=O)Cc1ccc(Cl)c(Cl)c1. The van der Waals surface area contributed by atoms with Crippen molar-refractivity contribution in [3.63, 3.8) is 0 Å². The molecule has 2 aromatic rings. The summed E-state index contributed by atoms with van der Waals surface area (Å²) in [5.74, 6) is 0.107. The Morgan fingerprint density at radius 1 is 1.05 bits per heavy atom. The fourth-order valence-electron chi connectivity index (χ4n) is 2.03. The van der Waals surface area contributed by atoms with Crippen LogP contribution in [0.5, 0.6) is 0 Å². The monoisotopic (exact) mass is 292 g/mol. The molecule has 0 spiro atoms. The lowest BCUT2D eigenvalue weighted by atomic mass is 9.97. The van der Waals surface area contributed by atoms with Crippen molar-refractivity contribution >= 4 is 29.0 Å². The number of hydrogen-bond donors (Lipinski definition) is 0. The number of rotatable bonds is 4. The second kappa shape index (κ2) is 6.23. The molecule has 2 rings (SSSR count). The van der Waals surface area contributed by atoms with Crippen molar-refractivity contribution < 1.29 is 4.79 Å². The summed E-state index contributed by atoms with van der Waals surface area (Å²) in [4.78, 5) is 12.3. The molecular weight excluding hydrogens is 279 g/mol. The first-order valence-electron chi connectivity index (χ1n) is 6.17. The predicted octanol–water partition coefficient (Wildman–Crippen LogP) is 4.98. The van der Waals surface area contributed by atoms with Crippen LogP contribution in [0.25, 0.3) is 0 Å². The zero-order valence-electron chi connectivity index (χ0n) is 10.6. The number of aryl methyl sites for hydroxylation is 1. The summed E-state index contributed by atoms with van der Waals surface area (Å²) >= 11 is 11.8. The van der Waals surface area contributed by atoms with Crippen LogP contribution in [0.3, 0.4) is 0 Å². The minimum absolute atomic E-state index is 0.107. The van der Waals surface area contributed by atoms with Crippen LogP contribution in [0, 0.1) is 0 Å². The van der Waals surface area contributed by atoms with Gasteiger partial charge in [-0.25, -0.2) is 0 Å². The van der Waals surface area contributed by atoms with Crippen molar-refractivity contribution in [1.82, 2.24) is 0 Å². The molecule has 3 heteroatoms. The summed E-state index contributed by atoms with van der Waals surface area (Å²) in [5.41, 5.74) is 2.74. The normalized spacial score (nSPS) is 10.5. The Bertz CT molecular complexity index is 605. The van der Waals surface area contributed by atoms with Crippen molar-refractivity contribution in [2.75, 3.05) is 0 Å². The molecule has 0 saturated heterocycles. The molecule has 0 aliphatic heterocycles. The van der Waals surface area contributed by atoms with E-state index < -0.39 is 0 Å². The maximum atomic E-state index is 12.3. The second-order valence-electron chi connectivity index (χ2n) is 4.36. The van der Waals surface area contributed by atoms with Gasteiger partial charge in [0.05, 0.1) is 10.0 Å². The Morgan fingerprint density at radius 3 is 2.47 bits per heavy atom. The summed E-state index contributed by atoms with van der Waals surface area (Å²) in [6, 6.07) is 13.0. The number of ketones is 1. The van der Waals surface area contributed by atoms with Gasteiger partial charge in [0.25, 0.3) is 0 Å². The predicted molar refractivity (Wildman–Crippen MR) is 80.3 cm³/mol. The number of carbonyl (C=O) groups excluding carboxylic acids is 1. The highest BCUT2D eigenvalue weighted by Gasteiger charge is 2.11. The van der Waals surface area contributed by atoms with Gasteiger partial charge in [0.2, 0.25) is 0 Å². The lowest BCUT2D eigenvalue weighted by Crippen LogP contribution is -2.06. The Morgan fingerprint density at radius 2 is 1.79 bits per heavy atom. The zero-order valence-corrected chi connectivity index (χ0v) is 12.1. The van der Waals surface area contributed by atoms with E-state index in [1.807, 2.05) is 37.3 Å². The van der Waals surface area contributed by atoms with E-state index in [2.05, 4.69) is 0 Å². The average molecular weight is 293 g/mol. The van der Waals surface area contributed by atoms with Crippen molar-refractivity contribution in [1.29, 1.82) is 0 Å². The van der Waals surface area contributed by atoms with Gasteiger partial charge in [-0.2, -0.15) is 0 Å². The minimum atomic E-state index is 0.107. The quantitative estimate of drug-likeness (QED) is 0.726. The highest BCUT2D eigenvalue weighted by Crippen LogP contribution is 2.23. The first-order chi connectivity index (χ1) is 9.11. The molecule has 0 aliphatic rings. The lowest BCUT2D eigenvalue weighted by molar-refractivity contribution is 0.0992. The van der Waals surface area contributed by atoms with E-state index in [1.54, 1.807) is 12.1 Å². The van der Waals surface area contributed by atoms with Crippen molar-refractivity contribution in [3.05, 3.63) is 69.2 Å². The van der Waals surface area contributed by atoms with Crippen LogP contribution < -0.4 is 0 Å². The number of benzene rings is 2. The molecule has 0 amide bonds. The molecule has 0 saturated carbocycles. The molecule has 2 aromatic carbocycles. The molecule has 0 atom stereocenters. The summed E-state index contributed by atoms with van der Waals surface area (Å²) < 4.78 is 0. The fourth-order valence-corrected chi connectivity index (χ4v) is 2.35. The molecule has 0 unspecified atom stereocenters. The van der Waals surface area contributed by atoms with Crippen LogP contribution in [0.4, 0.5) is 0 Å². The van der Waals surface area contributed by atoms with Gasteiger partial charge >= 0.3 is 0 Å². The van der Waals surface area contributed by atoms with Crippen LogP contribution >= 0.6 is 23.2 Å². The topological polar surface area (TPSA) is 17.1 Å². The Balaban J connectivity index is 2.23. The molecule has 0 aromatic heterocycles. The standard InChI is InChI=1S/C16H14Cl2O/c1-2-12-5-3-4-6-13(12)16(19)10-11-7-8-14(17)15(18)9-11/h3-9H,2,10H2,1H3. The van der Waals surface area contributed by atoms with Crippen molar-refractivity contribution in [3.8, 4) is 0 Å². The van der Waals surface area contributed by atoms with Crippen LogP contribution in [0.15, 0.2) is 42.5 Å². The van der Waals surface area contributed by atoms with Gasteiger partial charge in [0, 0.05) is 12.0 Å². The third-order valence-corrected chi connectivity index (χ3v) is 3.79. The number of Topliss-reactive ketones (excluding diaryl/α,β-unsaturated/α-hetero) is 1. The average Bonchev–Trinajstić information content (AvgIpc) is 2.43. The second-order valence-corrected chi connectivity index (χ2v) is 5.17. The van der Waals surface area contributed by atoms with E-state index in [4.69, 9.17) is 23.2 Å². The number of hydrogen-bond acceptors (Lipinski definition) is 1. The zero-order chi connectivity index (χ0) is 13.8. The van der Waals surface area contributed by atoms with Gasteiger partial charge in [-0.1, -0.05) is 60.5 Å². The molecule has 0 aliphatic carbocycles. The van der Waals surface area contributed by atoms with Crippen LogP contribution in [0.2, 0.25) is 10.0 Å². The van der Waals surface area contributed by atoms with Gasteiger partial charge in [-0.15, -0.1) is 0 Å². The first-order valence-corrected chi connectivity index (χ1v) is 6.92. The third kappa shape index (κ3) is 3.37. The van der Waals surface area contributed by atoms with Crippen molar-refractivity contribution in [2.24, 2.45) is 0 Å². The van der Waals surface area contributed by atoms with Gasteiger partial charge in [-0.3, -0.25) is 4.79 Å². The summed E-state index contributed by atoms with van der Waals surface area (Å²) in [6.07, 6.45) is 1.19. The molecule has 0 fully saturated rings. The Labute approximate surface area is 123 Å². The van der Waals surface area contributed by atoms with E-state index in [1.165, 1.54) is 0 Å². The van der Waals surface area contributed by atoms with E-state index in [9.17, 15) is 4.79 Å².